The average molecular weight is 236 g/mol. The van der Waals surface area contributed by atoms with E-state index in [9.17, 15) is 13.2 Å². The highest BCUT2D eigenvalue weighted by molar-refractivity contribution is 4.67. The topological polar surface area (TPSA) is 42.7 Å². The number of hydrogen-bond acceptors (Lipinski definition) is 3. The first-order chi connectivity index (χ1) is 7.47. The monoisotopic (exact) mass is 236 g/mol. The van der Waals surface area contributed by atoms with E-state index in [4.69, 9.17) is 0 Å². The van der Waals surface area contributed by atoms with Crippen LogP contribution in [0.5, 0.6) is 0 Å². The minimum Gasteiger partial charge on any atom is -0.314 e. The zero-order chi connectivity index (χ0) is 12.0. The van der Waals surface area contributed by atoms with Crippen LogP contribution in [0.2, 0.25) is 0 Å². The van der Waals surface area contributed by atoms with Crippen LogP contribution >= 0.6 is 0 Å². The second kappa shape index (κ2) is 5.83. The van der Waals surface area contributed by atoms with Crippen LogP contribution in [0.1, 0.15) is 19.8 Å². The van der Waals surface area contributed by atoms with E-state index >= 15 is 0 Å². The summed E-state index contributed by atoms with van der Waals surface area (Å²) in [6.45, 7) is 2.73. The fourth-order valence-corrected chi connectivity index (χ4v) is 1.36. The van der Waals surface area contributed by atoms with Crippen LogP contribution in [0.15, 0.2) is 12.4 Å². The van der Waals surface area contributed by atoms with Crippen LogP contribution in [0, 0.1) is 0 Å². The van der Waals surface area contributed by atoms with Crippen LogP contribution in [0.25, 0.3) is 0 Å². The van der Waals surface area contributed by atoms with Crippen LogP contribution in [-0.4, -0.2) is 33.8 Å². The van der Waals surface area contributed by atoms with E-state index in [1.807, 2.05) is 0 Å². The second-order valence-corrected chi connectivity index (χ2v) is 3.69. The van der Waals surface area contributed by atoms with Crippen LogP contribution in [-0.2, 0) is 6.54 Å². The van der Waals surface area contributed by atoms with Gasteiger partial charge in [0.1, 0.15) is 0 Å². The van der Waals surface area contributed by atoms with Gasteiger partial charge in [-0.1, -0.05) is 5.21 Å². The van der Waals surface area contributed by atoms with Crippen molar-refractivity contribution in [2.24, 2.45) is 0 Å². The number of nitrogens with one attached hydrogen (secondary N) is 1. The van der Waals surface area contributed by atoms with Crippen molar-refractivity contribution in [1.29, 1.82) is 0 Å². The van der Waals surface area contributed by atoms with Crippen LogP contribution < -0.4 is 5.32 Å². The van der Waals surface area contributed by atoms with Crippen molar-refractivity contribution >= 4 is 0 Å². The van der Waals surface area contributed by atoms with Gasteiger partial charge in [0, 0.05) is 18.8 Å². The lowest BCUT2D eigenvalue weighted by Gasteiger charge is -2.15. The van der Waals surface area contributed by atoms with E-state index in [1.165, 1.54) is 6.92 Å². The summed E-state index contributed by atoms with van der Waals surface area (Å²) in [4.78, 5) is 0. The first-order valence-electron chi connectivity index (χ1n) is 5.11. The molecule has 7 heteroatoms. The molecule has 1 aromatic heterocycles. The molecule has 0 bridgehead atoms. The summed E-state index contributed by atoms with van der Waals surface area (Å²) < 4.78 is 37.6. The van der Waals surface area contributed by atoms with Gasteiger partial charge >= 0.3 is 6.18 Å². The molecule has 4 nitrogen and oxygen atoms in total. The zero-order valence-corrected chi connectivity index (χ0v) is 9.04. The summed E-state index contributed by atoms with van der Waals surface area (Å²) in [5, 5.41) is 10.2. The third-order valence-corrected chi connectivity index (χ3v) is 2.07. The molecule has 0 aromatic carbocycles. The molecule has 1 unspecified atom stereocenters. The van der Waals surface area contributed by atoms with Crippen molar-refractivity contribution < 1.29 is 13.2 Å². The fraction of sp³-hybridized carbons (Fsp3) is 0.778. The molecule has 0 fully saturated rings. The van der Waals surface area contributed by atoms with Gasteiger partial charge in [0.25, 0.3) is 0 Å². The van der Waals surface area contributed by atoms with Gasteiger partial charge < -0.3 is 5.32 Å². The van der Waals surface area contributed by atoms with Crippen molar-refractivity contribution in [2.45, 2.75) is 38.5 Å². The van der Waals surface area contributed by atoms with Gasteiger partial charge in [0.2, 0.25) is 0 Å². The number of aryl methyl sites for hydroxylation is 1. The maximum Gasteiger partial charge on any atom is 0.390 e. The highest BCUT2D eigenvalue weighted by Gasteiger charge is 2.29. The molecule has 0 amide bonds. The number of hydrogen-bond donors (Lipinski definition) is 1. The predicted octanol–water partition coefficient (Wildman–Crippen LogP) is 1.60. The number of nitrogens with zero attached hydrogens (tertiary/aromatic N) is 3. The van der Waals surface area contributed by atoms with Crippen LogP contribution in [0.3, 0.4) is 0 Å². The summed E-state index contributed by atoms with van der Waals surface area (Å²) >= 11 is 0. The van der Waals surface area contributed by atoms with E-state index in [2.05, 4.69) is 15.6 Å². The molecule has 1 rings (SSSR count). The Kier molecular flexibility index (Phi) is 4.72. The average Bonchev–Trinajstić information content (AvgIpc) is 2.62. The molecule has 16 heavy (non-hydrogen) atoms. The highest BCUT2D eigenvalue weighted by Crippen LogP contribution is 2.21. The molecule has 0 spiro atoms. The number of rotatable bonds is 6. The summed E-state index contributed by atoms with van der Waals surface area (Å²) in [5.41, 5.74) is 0. The molecule has 0 aliphatic rings. The minimum atomic E-state index is -4.10. The molecule has 0 aliphatic heterocycles. The van der Waals surface area contributed by atoms with Gasteiger partial charge in [-0.15, -0.1) is 5.10 Å². The molecule has 0 saturated carbocycles. The van der Waals surface area contributed by atoms with Gasteiger partial charge in [-0.25, -0.2) is 0 Å². The third-order valence-electron chi connectivity index (χ3n) is 2.07. The van der Waals surface area contributed by atoms with Crippen molar-refractivity contribution in [3.63, 3.8) is 0 Å². The summed E-state index contributed by atoms with van der Waals surface area (Å²) in [6, 6.07) is -0.546. The molecule has 1 N–H and O–H groups in total. The van der Waals surface area contributed by atoms with Crippen LogP contribution in [0.4, 0.5) is 13.2 Å². The highest BCUT2D eigenvalue weighted by atomic mass is 19.4. The first-order valence-corrected chi connectivity index (χ1v) is 5.11. The van der Waals surface area contributed by atoms with Crippen molar-refractivity contribution in [3.8, 4) is 0 Å². The smallest absolute Gasteiger partial charge is 0.314 e. The maximum atomic E-state index is 12.0. The van der Waals surface area contributed by atoms with Gasteiger partial charge in [0.15, 0.2) is 0 Å². The molecule has 1 heterocycles. The summed E-state index contributed by atoms with van der Waals surface area (Å²) in [6.07, 6.45) is -0.876. The molecular formula is C9H15F3N4. The predicted molar refractivity (Wildman–Crippen MR) is 52.8 cm³/mol. The molecule has 0 radical (unpaired) electrons. The standard InChI is InChI=1S/C9H15F3N4/c1-8(7-9(10,11)12)13-3-2-5-16-6-4-14-15-16/h4,6,8,13H,2-3,5,7H2,1H3. The number of alkyl halides is 3. The minimum absolute atomic E-state index is 0.539. The Morgan fingerprint density at radius 3 is 2.75 bits per heavy atom. The van der Waals surface area contributed by atoms with Gasteiger partial charge in [-0.2, -0.15) is 13.2 Å². The molecule has 0 aliphatic carbocycles. The van der Waals surface area contributed by atoms with Crippen molar-refractivity contribution in [1.82, 2.24) is 20.3 Å². The molecular weight excluding hydrogens is 221 g/mol. The zero-order valence-electron chi connectivity index (χ0n) is 9.04. The Labute approximate surface area is 91.8 Å². The normalized spacial score (nSPS) is 14.0. The van der Waals surface area contributed by atoms with Crippen molar-refractivity contribution in [3.05, 3.63) is 12.4 Å². The Morgan fingerprint density at radius 1 is 1.44 bits per heavy atom. The van der Waals surface area contributed by atoms with E-state index < -0.39 is 18.6 Å². The quantitative estimate of drug-likeness (QED) is 0.763. The molecule has 0 saturated heterocycles. The fourth-order valence-electron chi connectivity index (χ4n) is 1.36. The lowest BCUT2D eigenvalue weighted by Crippen LogP contribution is -2.32. The second-order valence-electron chi connectivity index (χ2n) is 3.69. The maximum absolute atomic E-state index is 12.0. The van der Waals surface area contributed by atoms with E-state index in [-0.39, 0.29) is 0 Å². The Hall–Kier alpha value is -1.11. The number of aromatic nitrogens is 3. The molecule has 92 valence electrons. The third kappa shape index (κ3) is 5.69. The van der Waals surface area contributed by atoms with Gasteiger partial charge in [0.05, 0.1) is 12.6 Å². The number of halogens is 3. The lowest BCUT2D eigenvalue weighted by atomic mass is 10.2. The van der Waals surface area contributed by atoms with Crippen molar-refractivity contribution in [2.75, 3.05) is 6.54 Å². The summed E-state index contributed by atoms with van der Waals surface area (Å²) in [5.74, 6) is 0. The molecule has 1 atom stereocenters. The first kappa shape index (κ1) is 13.0. The van der Waals surface area contributed by atoms with Gasteiger partial charge in [-0.05, 0) is 19.9 Å². The SMILES string of the molecule is CC(CC(F)(F)F)NCCCn1ccnn1. The Morgan fingerprint density at radius 2 is 2.19 bits per heavy atom. The van der Waals surface area contributed by atoms with Gasteiger partial charge in [-0.3, -0.25) is 4.68 Å². The molecule has 1 aromatic rings. The van der Waals surface area contributed by atoms with E-state index in [1.54, 1.807) is 17.1 Å². The lowest BCUT2D eigenvalue weighted by molar-refractivity contribution is -0.139. The van der Waals surface area contributed by atoms with E-state index in [0.29, 0.717) is 13.1 Å². The van der Waals surface area contributed by atoms with E-state index in [0.717, 1.165) is 6.42 Å². The largest absolute Gasteiger partial charge is 0.390 e. The Balaban J connectivity index is 2.07. The summed E-state index contributed by atoms with van der Waals surface area (Å²) in [7, 11) is 0. The Bertz CT molecular complexity index is 283.